The second-order valence-corrected chi connectivity index (χ2v) is 8.15. The van der Waals surface area contributed by atoms with Crippen molar-refractivity contribution in [2.45, 2.75) is 50.4 Å². The quantitative estimate of drug-likeness (QED) is 0.693. The molecule has 2 nitrogen and oxygen atoms in total. The van der Waals surface area contributed by atoms with Gasteiger partial charge in [-0.15, -0.1) is 11.6 Å². The summed E-state index contributed by atoms with van der Waals surface area (Å²) in [5.41, 5.74) is 2.96. The van der Waals surface area contributed by atoms with E-state index in [0.29, 0.717) is 0 Å². The van der Waals surface area contributed by atoms with Gasteiger partial charge in [-0.2, -0.15) is 0 Å². The van der Waals surface area contributed by atoms with Crippen LogP contribution in [0.15, 0.2) is 54.6 Å². The Balaban J connectivity index is 2.23. The highest BCUT2D eigenvalue weighted by molar-refractivity contribution is 6.32. The smallest absolute Gasteiger partial charge is 0.245 e. The first-order valence-electron chi connectivity index (χ1n) is 8.40. The van der Waals surface area contributed by atoms with Crippen LogP contribution >= 0.6 is 11.6 Å². The molecule has 0 saturated heterocycles. The lowest BCUT2D eigenvalue weighted by Crippen LogP contribution is -2.57. The van der Waals surface area contributed by atoms with Crippen molar-refractivity contribution >= 4 is 23.2 Å². The molecule has 0 fully saturated rings. The van der Waals surface area contributed by atoms with Crippen molar-refractivity contribution in [3.8, 4) is 0 Å². The molecule has 0 radical (unpaired) electrons. The van der Waals surface area contributed by atoms with Crippen molar-refractivity contribution in [3.63, 3.8) is 0 Å². The molecule has 0 unspecified atom stereocenters. The molecule has 126 valence electrons. The van der Waals surface area contributed by atoms with Crippen molar-refractivity contribution in [2.24, 2.45) is 0 Å². The number of rotatable bonds is 2. The summed E-state index contributed by atoms with van der Waals surface area (Å²) < 4.78 is 0. The lowest BCUT2D eigenvalue weighted by atomic mass is 9.65. The molecule has 1 aliphatic rings. The Morgan fingerprint density at radius 2 is 1.62 bits per heavy atom. The molecule has 1 amide bonds. The third-order valence-electron chi connectivity index (χ3n) is 5.10. The predicted octanol–water partition coefficient (Wildman–Crippen LogP) is 5.14. The Labute approximate surface area is 149 Å². The first-order chi connectivity index (χ1) is 11.3. The van der Waals surface area contributed by atoms with Crippen LogP contribution in [-0.4, -0.2) is 16.8 Å². The van der Waals surface area contributed by atoms with E-state index in [-0.39, 0.29) is 16.9 Å². The van der Waals surface area contributed by atoms with Crippen LogP contribution in [0.1, 0.15) is 45.2 Å². The summed E-state index contributed by atoms with van der Waals surface area (Å²) >= 11 is 6.15. The molecule has 0 bridgehead atoms. The highest BCUT2D eigenvalue weighted by atomic mass is 35.5. The lowest BCUT2D eigenvalue weighted by Gasteiger charge is -2.51. The van der Waals surface area contributed by atoms with E-state index in [1.165, 1.54) is 11.1 Å². The molecular formula is C21H24ClNO. The zero-order valence-corrected chi connectivity index (χ0v) is 15.5. The Kier molecular flexibility index (Phi) is 4.21. The van der Waals surface area contributed by atoms with Gasteiger partial charge in [0, 0.05) is 16.6 Å². The molecule has 2 aromatic rings. The van der Waals surface area contributed by atoms with Gasteiger partial charge in [0.25, 0.3) is 0 Å². The maximum atomic E-state index is 12.8. The SMILES string of the molecule is C[C@@H](Cl)C(=O)N1c2ccccc2[C@@](C)(c2ccccc2)CC1(C)C. The molecule has 2 aromatic carbocycles. The summed E-state index contributed by atoms with van der Waals surface area (Å²) in [7, 11) is 0. The molecule has 0 aliphatic carbocycles. The minimum Gasteiger partial charge on any atom is -0.305 e. The molecule has 24 heavy (non-hydrogen) atoms. The predicted molar refractivity (Wildman–Crippen MR) is 101 cm³/mol. The highest BCUT2D eigenvalue weighted by Crippen LogP contribution is 2.50. The monoisotopic (exact) mass is 341 g/mol. The number of benzene rings is 2. The average Bonchev–Trinajstić information content (AvgIpc) is 2.54. The lowest BCUT2D eigenvalue weighted by molar-refractivity contribution is -0.119. The maximum absolute atomic E-state index is 12.8. The van der Waals surface area contributed by atoms with Crippen LogP contribution < -0.4 is 4.90 Å². The normalized spacial score (nSPS) is 23.5. The fourth-order valence-electron chi connectivity index (χ4n) is 4.16. The van der Waals surface area contributed by atoms with Gasteiger partial charge in [0.1, 0.15) is 5.38 Å². The second kappa shape index (κ2) is 5.93. The van der Waals surface area contributed by atoms with Crippen LogP contribution in [0.5, 0.6) is 0 Å². The first-order valence-corrected chi connectivity index (χ1v) is 8.84. The van der Waals surface area contributed by atoms with E-state index in [2.05, 4.69) is 51.1 Å². The van der Waals surface area contributed by atoms with Gasteiger partial charge < -0.3 is 4.90 Å². The molecule has 3 rings (SSSR count). The minimum absolute atomic E-state index is 0.0378. The van der Waals surface area contributed by atoms with Gasteiger partial charge in [0.2, 0.25) is 5.91 Å². The number of anilines is 1. The van der Waals surface area contributed by atoms with Crippen molar-refractivity contribution < 1.29 is 4.79 Å². The number of fused-ring (bicyclic) bond motifs is 1. The molecule has 2 atom stereocenters. The zero-order chi connectivity index (χ0) is 17.5. The Hall–Kier alpha value is -1.80. The summed E-state index contributed by atoms with van der Waals surface area (Å²) in [6, 6.07) is 18.8. The fraction of sp³-hybridized carbons (Fsp3) is 0.381. The van der Waals surface area contributed by atoms with E-state index in [1.54, 1.807) is 6.92 Å². The van der Waals surface area contributed by atoms with E-state index in [4.69, 9.17) is 11.6 Å². The number of hydrogen-bond donors (Lipinski definition) is 0. The topological polar surface area (TPSA) is 20.3 Å². The van der Waals surface area contributed by atoms with Gasteiger partial charge in [0.15, 0.2) is 0 Å². The third kappa shape index (κ3) is 2.63. The summed E-state index contributed by atoms with van der Waals surface area (Å²) in [5.74, 6) is -0.0378. The minimum atomic E-state index is -0.543. The van der Waals surface area contributed by atoms with E-state index in [9.17, 15) is 4.79 Å². The van der Waals surface area contributed by atoms with E-state index in [1.807, 2.05) is 29.2 Å². The summed E-state index contributed by atoms with van der Waals surface area (Å²) in [6.07, 6.45) is 0.844. The van der Waals surface area contributed by atoms with Crippen LogP contribution in [0, 0.1) is 0 Å². The molecule has 0 spiro atoms. The Morgan fingerprint density at radius 3 is 2.25 bits per heavy atom. The number of para-hydroxylation sites is 1. The molecule has 3 heteroatoms. The first kappa shape index (κ1) is 17.0. The number of carbonyl (C=O) groups is 1. The van der Waals surface area contributed by atoms with Crippen molar-refractivity contribution in [2.75, 3.05) is 4.90 Å². The summed E-state index contributed by atoms with van der Waals surface area (Å²) in [5, 5.41) is -0.543. The van der Waals surface area contributed by atoms with Crippen LogP contribution in [0.4, 0.5) is 5.69 Å². The Morgan fingerprint density at radius 1 is 1.04 bits per heavy atom. The van der Waals surface area contributed by atoms with Crippen molar-refractivity contribution in [3.05, 3.63) is 65.7 Å². The highest BCUT2D eigenvalue weighted by Gasteiger charge is 2.48. The van der Waals surface area contributed by atoms with Gasteiger partial charge in [-0.05, 0) is 44.4 Å². The van der Waals surface area contributed by atoms with Gasteiger partial charge in [-0.25, -0.2) is 0 Å². The summed E-state index contributed by atoms with van der Waals surface area (Å²) in [6.45, 7) is 8.27. The largest absolute Gasteiger partial charge is 0.305 e. The second-order valence-electron chi connectivity index (χ2n) is 7.49. The molecule has 1 heterocycles. The molecule has 0 aromatic heterocycles. The van der Waals surface area contributed by atoms with Crippen LogP contribution in [-0.2, 0) is 10.2 Å². The van der Waals surface area contributed by atoms with Crippen molar-refractivity contribution in [1.29, 1.82) is 0 Å². The zero-order valence-electron chi connectivity index (χ0n) is 14.7. The number of halogens is 1. The maximum Gasteiger partial charge on any atom is 0.245 e. The number of hydrogen-bond acceptors (Lipinski definition) is 1. The molecule has 0 saturated carbocycles. The number of carbonyl (C=O) groups excluding carboxylic acids is 1. The van der Waals surface area contributed by atoms with Crippen LogP contribution in [0.25, 0.3) is 0 Å². The number of nitrogens with zero attached hydrogens (tertiary/aromatic N) is 1. The van der Waals surface area contributed by atoms with Gasteiger partial charge in [0.05, 0.1) is 0 Å². The molecule has 1 aliphatic heterocycles. The van der Waals surface area contributed by atoms with E-state index < -0.39 is 5.38 Å². The van der Waals surface area contributed by atoms with Crippen molar-refractivity contribution in [1.82, 2.24) is 0 Å². The number of alkyl halides is 1. The molecular weight excluding hydrogens is 318 g/mol. The fourth-order valence-corrected chi connectivity index (χ4v) is 4.26. The average molecular weight is 342 g/mol. The standard InChI is InChI=1S/C21H24ClNO/c1-15(22)19(24)23-18-13-9-8-12-17(18)21(4,14-20(23,2)3)16-10-6-5-7-11-16/h5-13,15H,14H2,1-4H3/t15-,21-/m1/s1. The van der Waals surface area contributed by atoms with Gasteiger partial charge in [-0.1, -0.05) is 55.5 Å². The van der Waals surface area contributed by atoms with Crippen LogP contribution in [0.3, 0.4) is 0 Å². The van der Waals surface area contributed by atoms with Crippen LogP contribution in [0.2, 0.25) is 0 Å². The van der Waals surface area contributed by atoms with E-state index >= 15 is 0 Å². The molecule has 0 N–H and O–H groups in total. The number of amides is 1. The van der Waals surface area contributed by atoms with Gasteiger partial charge in [-0.3, -0.25) is 4.79 Å². The van der Waals surface area contributed by atoms with Gasteiger partial charge >= 0.3 is 0 Å². The third-order valence-corrected chi connectivity index (χ3v) is 5.29. The Bertz CT molecular complexity index is 753. The van der Waals surface area contributed by atoms with E-state index in [0.717, 1.165) is 12.1 Å². The summed E-state index contributed by atoms with van der Waals surface area (Å²) in [4.78, 5) is 14.7.